The zero-order chi connectivity index (χ0) is 11.0. The first kappa shape index (κ1) is 13.6. The number of rotatable bonds is 6. The lowest BCUT2D eigenvalue weighted by molar-refractivity contribution is 0.0133. The molecule has 0 rings (SSSR count). The van der Waals surface area contributed by atoms with E-state index in [9.17, 15) is 4.79 Å². The number of alkyl halides is 1. The molecular weight excluding hydrogens is 204 g/mol. The predicted octanol–water partition coefficient (Wildman–Crippen LogP) is 3.69. The molecule has 0 aromatic carbocycles. The summed E-state index contributed by atoms with van der Waals surface area (Å²) in [6.45, 7) is 5.69. The molecule has 1 atom stereocenters. The highest BCUT2D eigenvalue weighted by Crippen LogP contribution is 2.11. The Kier molecular flexibility index (Phi) is 7.67. The minimum absolute atomic E-state index is 0.0343. The van der Waals surface area contributed by atoms with E-state index in [0.717, 1.165) is 25.7 Å². The summed E-state index contributed by atoms with van der Waals surface area (Å²) in [5.41, 5.74) is -0.633. The molecule has 0 aliphatic carbocycles. The van der Waals surface area contributed by atoms with Gasteiger partial charge < -0.3 is 9.47 Å². The van der Waals surface area contributed by atoms with E-state index < -0.39 is 11.7 Å². The van der Waals surface area contributed by atoms with Gasteiger partial charge in [0.15, 0.2) is 5.56 Å². The Morgan fingerprint density at radius 3 is 2.07 bits per heavy atom. The van der Waals surface area contributed by atoms with Crippen molar-refractivity contribution in [2.24, 2.45) is 0 Å². The highest BCUT2D eigenvalue weighted by atomic mass is 35.5. The summed E-state index contributed by atoms with van der Waals surface area (Å²) in [6, 6.07) is 0. The molecule has 1 unspecified atom stereocenters. The first-order chi connectivity index (χ1) is 6.60. The minimum atomic E-state index is -0.667. The van der Waals surface area contributed by atoms with Crippen molar-refractivity contribution >= 4 is 17.8 Å². The topological polar surface area (TPSA) is 35.5 Å². The van der Waals surface area contributed by atoms with Crippen LogP contribution < -0.4 is 0 Å². The molecule has 14 heavy (non-hydrogen) atoms. The third-order valence-electron chi connectivity index (χ3n) is 1.74. The fourth-order valence-electron chi connectivity index (χ4n) is 1.20. The van der Waals surface area contributed by atoms with E-state index in [1.54, 1.807) is 6.92 Å². The standard InChI is InChI=1S/C10H19ClO3/c1-4-6-9(7-5-2)14-10(12)13-8(3)11/h8-9H,4-7H2,1-3H3. The van der Waals surface area contributed by atoms with Gasteiger partial charge in [-0.15, -0.1) is 0 Å². The van der Waals surface area contributed by atoms with Crippen molar-refractivity contribution < 1.29 is 14.3 Å². The van der Waals surface area contributed by atoms with E-state index in [4.69, 9.17) is 16.3 Å². The molecule has 0 radical (unpaired) electrons. The van der Waals surface area contributed by atoms with Crippen molar-refractivity contribution in [2.45, 2.75) is 58.1 Å². The van der Waals surface area contributed by atoms with Crippen LogP contribution in [0.2, 0.25) is 0 Å². The highest BCUT2D eigenvalue weighted by molar-refractivity contribution is 6.19. The van der Waals surface area contributed by atoms with Gasteiger partial charge in [-0.3, -0.25) is 0 Å². The van der Waals surface area contributed by atoms with Crippen molar-refractivity contribution in [3.8, 4) is 0 Å². The number of hydrogen-bond donors (Lipinski definition) is 0. The van der Waals surface area contributed by atoms with Gasteiger partial charge in [-0.2, -0.15) is 0 Å². The molecule has 0 heterocycles. The van der Waals surface area contributed by atoms with Crippen LogP contribution in [0.15, 0.2) is 0 Å². The summed E-state index contributed by atoms with van der Waals surface area (Å²) in [4.78, 5) is 11.1. The predicted molar refractivity (Wildman–Crippen MR) is 56.5 cm³/mol. The van der Waals surface area contributed by atoms with Crippen LogP contribution in [0.5, 0.6) is 0 Å². The van der Waals surface area contributed by atoms with Gasteiger partial charge in [-0.05, 0) is 19.8 Å². The quantitative estimate of drug-likeness (QED) is 0.508. The molecule has 3 nitrogen and oxygen atoms in total. The lowest BCUT2D eigenvalue weighted by Crippen LogP contribution is -2.20. The van der Waals surface area contributed by atoms with Gasteiger partial charge in [0.05, 0.1) is 0 Å². The molecule has 0 spiro atoms. The van der Waals surface area contributed by atoms with E-state index in [1.807, 2.05) is 0 Å². The number of halogens is 1. The molecule has 84 valence electrons. The number of carbonyl (C=O) groups excluding carboxylic acids is 1. The van der Waals surface area contributed by atoms with Crippen molar-refractivity contribution in [2.75, 3.05) is 0 Å². The van der Waals surface area contributed by atoms with Gasteiger partial charge in [-0.1, -0.05) is 38.3 Å². The minimum Gasteiger partial charge on any atom is -0.431 e. The van der Waals surface area contributed by atoms with E-state index in [1.165, 1.54) is 0 Å². The van der Waals surface area contributed by atoms with Crippen LogP contribution in [0.4, 0.5) is 4.79 Å². The van der Waals surface area contributed by atoms with Gasteiger partial charge in [0, 0.05) is 0 Å². The van der Waals surface area contributed by atoms with E-state index in [2.05, 4.69) is 18.6 Å². The van der Waals surface area contributed by atoms with Gasteiger partial charge in [-0.25, -0.2) is 4.79 Å². The van der Waals surface area contributed by atoms with Crippen LogP contribution in [0.25, 0.3) is 0 Å². The van der Waals surface area contributed by atoms with E-state index in [0.29, 0.717) is 0 Å². The van der Waals surface area contributed by atoms with Gasteiger partial charge in [0.1, 0.15) is 6.10 Å². The van der Waals surface area contributed by atoms with E-state index in [-0.39, 0.29) is 6.10 Å². The second-order valence-corrected chi connectivity index (χ2v) is 3.84. The van der Waals surface area contributed by atoms with Crippen LogP contribution >= 0.6 is 11.6 Å². The average molecular weight is 223 g/mol. The van der Waals surface area contributed by atoms with Crippen molar-refractivity contribution in [1.29, 1.82) is 0 Å². The van der Waals surface area contributed by atoms with Gasteiger partial charge in [0.2, 0.25) is 0 Å². The molecule has 0 N–H and O–H groups in total. The summed E-state index contributed by atoms with van der Waals surface area (Å²) in [7, 11) is 0. The van der Waals surface area contributed by atoms with Crippen LogP contribution in [-0.4, -0.2) is 17.8 Å². The van der Waals surface area contributed by atoms with Crippen LogP contribution in [0.1, 0.15) is 46.5 Å². The number of hydrogen-bond acceptors (Lipinski definition) is 3. The van der Waals surface area contributed by atoms with Crippen LogP contribution in [-0.2, 0) is 9.47 Å². The zero-order valence-corrected chi connectivity index (χ0v) is 9.84. The Labute approximate surface area is 90.7 Å². The lowest BCUT2D eigenvalue weighted by atomic mass is 10.1. The Hall–Kier alpha value is -0.440. The Balaban J connectivity index is 3.82. The Morgan fingerprint density at radius 2 is 1.71 bits per heavy atom. The van der Waals surface area contributed by atoms with Crippen LogP contribution in [0.3, 0.4) is 0 Å². The first-order valence-corrected chi connectivity index (χ1v) is 5.55. The van der Waals surface area contributed by atoms with E-state index >= 15 is 0 Å². The molecule has 0 aliphatic heterocycles. The smallest absolute Gasteiger partial charge is 0.431 e. The van der Waals surface area contributed by atoms with Gasteiger partial charge >= 0.3 is 6.16 Å². The Morgan fingerprint density at radius 1 is 1.21 bits per heavy atom. The largest absolute Gasteiger partial charge is 0.510 e. The third-order valence-corrected chi connectivity index (χ3v) is 1.83. The highest BCUT2D eigenvalue weighted by Gasteiger charge is 2.15. The molecule has 0 aliphatic rings. The normalized spacial score (nSPS) is 12.6. The SMILES string of the molecule is CCCC(CCC)OC(=O)OC(C)Cl. The second kappa shape index (κ2) is 7.92. The first-order valence-electron chi connectivity index (χ1n) is 5.11. The summed E-state index contributed by atoms with van der Waals surface area (Å²) in [6.07, 6.45) is 3.04. The molecule has 0 saturated heterocycles. The monoisotopic (exact) mass is 222 g/mol. The molecule has 4 heteroatoms. The molecule has 0 aromatic rings. The lowest BCUT2D eigenvalue weighted by Gasteiger charge is -2.16. The zero-order valence-electron chi connectivity index (χ0n) is 9.09. The van der Waals surface area contributed by atoms with Gasteiger partial charge in [0.25, 0.3) is 0 Å². The molecule has 0 fully saturated rings. The van der Waals surface area contributed by atoms with Crippen LogP contribution in [0, 0.1) is 0 Å². The average Bonchev–Trinajstić information content (AvgIpc) is 2.03. The van der Waals surface area contributed by atoms with Crippen molar-refractivity contribution in [3.05, 3.63) is 0 Å². The molecular formula is C10H19ClO3. The Bertz CT molecular complexity index is 153. The molecule has 0 bridgehead atoms. The molecule has 0 amide bonds. The summed E-state index contributed by atoms with van der Waals surface area (Å²) in [5.74, 6) is 0. The fourth-order valence-corrected chi connectivity index (χ4v) is 1.28. The third kappa shape index (κ3) is 7.01. The van der Waals surface area contributed by atoms with Crippen molar-refractivity contribution in [3.63, 3.8) is 0 Å². The molecule has 0 saturated carbocycles. The number of ether oxygens (including phenoxy) is 2. The second-order valence-electron chi connectivity index (χ2n) is 3.23. The number of carbonyl (C=O) groups is 1. The maximum absolute atomic E-state index is 11.1. The van der Waals surface area contributed by atoms with Crippen molar-refractivity contribution in [1.82, 2.24) is 0 Å². The maximum atomic E-state index is 11.1. The summed E-state index contributed by atoms with van der Waals surface area (Å²) in [5, 5.41) is 0. The summed E-state index contributed by atoms with van der Waals surface area (Å²) < 4.78 is 9.77. The summed E-state index contributed by atoms with van der Waals surface area (Å²) >= 11 is 5.49. The maximum Gasteiger partial charge on any atom is 0.510 e. The molecule has 0 aromatic heterocycles. The fraction of sp³-hybridized carbons (Fsp3) is 0.900.